The van der Waals surface area contributed by atoms with E-state index in [1.807, 2.05) is 19.1 Å². The first-order valence-corrected chi connectivity index (χ1v) is 10.8. The average Bonchev–Trinajstić information content (AvgIpc) is 3.07. The van der Waals surface area contributed by atoms with Gasteiger partial charge in [0.25, 0.3) is 5.91 Å². The van der Waals surface area contributed by atoms with Gasteiger partial charge in [-0.3, -0.25) is 14.5 Å². The lowest BCUT2D eigenvalue weighted by atomic mass is 9.80. The van der Waals surface area contributed by atoms with Crippen LogP contribution in [0.5, 0.6) is 0 Å². The normalized spacial score (nSPS) is 22.0. The van der Waals surface area contributed by atoms with E-state index in [9.17, 15) is 9.59 Å². The molecular weight excluding hydrogens is 396 g/mol. The van der Waals surface area contributed by atoms with Crippen molar-refractivity contribution in [1.82, 2.24) is 20.7 Å². The molecular formula is C22H30N6O3. The molecule has 0 radical (unpaired) electrons. The topological polar surface area (TPSA) is 140 Å². The van der Waals surface area contributed by atoms with Gasteiger partial charge >= 0.3 is 0 Å². The number of nitrogens with zero attached hydrogens (tertiary/aromatic N) is 2. The molecule has 2 aromatic rings. The molecule has 9 nitrogen and oxygen atoms in total. The summed E-state index contributed by atoms with van der Waals surface area (Å²) in [5, 5.41) is 9.44. The Morgan fingerprint density at radius 1 is 1.19 bits per heavy atom. The number of benzene rings is 1. The van der Waals surface area contributed by atoms with E-state index in [4.69, 9.17) is 16.0 Å². The maximum absolute atomic E-state index is 12.2. The molecule has 0 spiro atoms. The van der Waals surface area contributed by atoms with Gasteiger partial charge in [-0.05, 0) is 50.7 Å². The standard InChI is InChI=1S/C22H30N6O3/c1-13-3-2-4-15(9-13)22(30)25-10-18(29)26-16-11-28(12-16)17-7-5-14(6-8-17)19-20(23)27-31-21(19)24/h2-4,9,14,16-17H,5-8,10-12,24H2,1H3,(H2,23,27)(H,25,30)(H,26,29)/t14-,17+. The third-order valence-corrected chi connectivity index (χ3v) is 6.37. The van der Waals surface area contributed by atoms with E-state index < -0.39 is 0 Å². The summed E-state index contributed by atoms with van der Waals surface area (Å²) in [7, 11) is 0. The second kappa shape index (κ2) is 8.97. The molecule has 4 rings (SSSR count). The largest absolute Gasteiger partial charge is 0.381 e. The zero-order valence-electron chi connectivity index (χ0n) is 17.8. The first-order chi connectivity index (χ1) is 14.9. The number of aryl methyl sites for hydroxylation is 1. The van der Waals surface area contributed by atoms with Crippen molar-refractivity contribution in [3.05, 3.63) is 41.0 Å². The minimum absolute atomic E-state index is 0.0179. The van der Waals surface area contributed by atoms with Crippen LogP contribution in [0.15, 0.2) is 28.8 Å². The molecule has 166 valence electrons. The van der Waals surface area contributed by atoms with Crippen molar-refractivity contribution in [1.29, 1.82) is 0 Å². The summed E-state index contributed by atoms with van der Waals surface area (Å²) in [6.07, 6.45) is 4.11. The number of hydrogen-bond acceptors (Lipinski definition) is 7. The maximum Gasteiger partial charge on any atom is 0.251 e. The second-order valence-corrected chi connectivity index (χ2v) is 8.62. The lowest BCUT2D eigenvalue weighted by molar-refractivity contribution is -0.122. The van der Waals surface area contributed by atoms with Gasteiger partial charge in [-0.2, -0.15) is 0 Å². The number of carbonyl (C=O) groups is 2. The number of likely N-dealkylation sites (tertiary alicyclic amines) is 1. The number of anilines is 2. The highest BCUT2D eigenvalue weighted by atomic mass is 16.5. The predicted octanol–water partition coefficient (Wildman–Crippen LogP) is 1.40. The number of carbonyl (C=O) groups excluding carboxylic acids is 2. The van der Waals surface area contributed by atoms with E-state index >= 15 is 0 Å². The summed E-state index contributed by atoms with van der Waals surface area (Å²) in [4.78, 5) is 26.8. The van der Waals surface area contributed by atoms with Crippen LogP contribution in [0, 0.1) is 6.92 Å². The van der Waals surface area contributed by atoms with Crippen molar-refractivity contribution < 1.29 is 14.1 Å². The third-order valence-electron chi connectivity index (χ3n) is 6.37. The number of nitrogens with one attached hydrogen (secondary N) is 2. The molecule has 1 aromatic carbocycles. The van der Waals surface area contributed by atoms with Crippen LogP contribution in [-0.4, -0.2) is 53.6 Å². The fraction of sp³-hybridized carbons (Fsp3) is 0.500. The molecule has 31 heavy (non-hydrogen) atoms. The highest BCUT2D eigenvalue weighted by molar-refractivity contribution is 5.96. The van der Waals surface area contributed by atoms with E-state index in [2.05, 4.69) is 20.7 Å². The molecule has 9 heteroatoms. The molecule has 2 aliphatic rings. The Kier molecular flexibility index (Phi) is 6.13. The number of hydrogen-bond donors (Lipinski definition) is 4. The maximum atomic E-state index is 12.2. The monoisotopic (exact) mass is 426 g/mol. The van der Waals surface area contributed by atoms with E-state index in [0.717, 1.165) is 49.9 Å². The first kappa shape index (κ1) is 21.2. The highest BCUT2D eigenvalue weighted by Crippen LogP contribution is 2.40. The Morgan fingerprint density at radius 2 is 1.94 bits per heavy atom. The molecule has 1 aromatic heterocycles. The van der Waals surface area contributed by atoms with Crippen LogP contribution in [-0.2, 0) is 4.79 Å². The molecule has 0 bridgehead atoms. The number of amides is 2. The van der Waals surface area contributed by atoms with Crippen molar-refractivity contribution in [2.75, 3.05) is 31.1 Å². The summed E-state index contributed by atoms with van der Waals surface area (Å²) in [5.41, 5.74) is 14.2. The minimum Gasteiger partial charge on any atom is -0.381 e. The fourth-order valence-corrected chi connectivity index (χ4v) is 4.69. The molecule has 1 aliphatic heterocycles. The van der Waals surface area contributed by atoms with Crippen molar-refractivity contribution in [2.24, 2.45) is 0 Å². The first-order valence-electron chi connectivity index (χ1n) is 10.8. The zero-order chi connectivity index (χ0) is 22.0. The Labute approximate surface area is 181 Å². The molecule has 2 fully saturated rings. The summed E-state index contributed by atoms with van der Waals surface area (Å²) in [6, 6.07) is 7.94. The van der Waals surface area contributed by atoms with Crippen molar-refractivity contribution in [3.8, 4) is 0 Å². The van der Waals surface area contributed by atoms with E-state index in [0.29, 0.717) is 29.2 Å². The smallest absolute Gasteiger partial charge is 0.251 e. The molecule has 0 atom stereocenters. The van der Waals surface area contributed by atoms with Crippen LogP contribution < -0.4 is 22.1 Å². The third kappa shape index (κ3) is 4.82. The van der Waals surface area contributed by atoms with Crippen LogP contribution in [0.3, 0.4) is 0 Å². The molecule has 1 saturated heterocycles. The average molecular weight is 427 g/mol. The zero-order valence-corrected chi connectivity index (χ0v) is 17.8. The van der Waals surface area contributed by atoms with E-state index in [1.54, 1.807) is 12.1 Å². The molecule has 2 heterocycles. The number of aromatic nitrogens is 1. The Morgan fingerprint density at radius 3 is 2.58 bits per heavy atom. The second-order valence-electron chi connectivity index (χ2n) is 8.62. The number of rotatable bonds is 6. The van der Waals surface area contributed by atoms with Crippen molar-refractivity contribution in [2.45, 2.75) is 50.6 Å². The summed E-state index contributed by atoms with van der Waals surface area (Å²) in [5.74, 6) is 0.647. The lowest BCUT2D eigenvalue weighted by Gasteiger charge is -2.46. The molecule has 1 saturated carbocycles. The van der Waals surface area contributed by atoms with Gasteiger partial charge in [-0.15, -0.1) is 0 Å². The highest BCUT2D eigenvalue weighted by Gasteiger charge is 2.36. The Hall–Kier alpha value is -3.07. The quantitative estimate of drug-likeness (QED) is 0.547. The van der Waals surface area contributed by atoms with Crippen LogP contribution in [0.4, 0.5) is 11.7 Å². The summed E-state index contributed by atoms with van der Waals surface area (Å²) >= 11 is 0. The Balaban J connectivity index is 1.16. The molecule has 0 unspecified atom stereocenters. The van der Waals surface area contributed by atoms with E-state index in [-0.39, 0.29) is 24.4 Å². The van der Waals surface area contributed by atoms with Crippen molar-refractivity contribution >= 4 is 23.5 Å². The van der Waals surface area contributed by atoms with Gasteiger partial charge in [0.05, 0.1) is 18.2 Å². The molecule has 6 N–H and O–H groups in total. The summed E-state index contributed by atoms with van der Waals surface area (Å²) < 4.78 is 5.00. The van der Waals surface area contributed by atoms with Gasteiger partial charge in [0.15, 0.2) is 5.82 Å². The van der Waals surface area contributed by atoms with Gasteiger partial charge in [0.1, 0.15) is 0 Å². The van der Waals surface area contributed by atoms with Gasteiger partial charge in [-0.1, -0.05) is 22.9 Å². The van der Waals surface area contributed by atoms with Crippen molar-refractivity contribution in [3.63, 3.8) is 0 Å². The number of nitrogen functional groups attached to an aromatic ring is 2. The van der Waals surface area contributed by atoms with Crippen LogP contribution in [0.25, 0.3) is 0 Å². The van der Waals surface area contributed by atoms with Crippen LogP contribution >= 0.6 is 0 Å². The van der Waals surface area contributed by atoms with Gasteiger partial charge in [0.2, 0.25) is 11.8 Å². The fourth-order valence-electron chi connectivity index (χ4n) is 4.69. The molecule has 1 aliphatic carbocycles. The predicted molar refractivity (Wildman–Crippen MR) is 117 cm³/mol. The van der Waals surface area contributed by atoms with E-state index in [1.165, 1.54) is 0 Å². The van der Waals surface area contributed by atoms with Crippen LogP contribution in [0.2, 0.25) is 0 Å². The minimum atomic E-state index is -0.236. The van der Waals surface area contributed by atoms with Crippen LogP contribution in [0.1, 0.15) is 53.1 Å². The Bertz CT molecular complexity index is 925. The summed E-state index contributed by atoms with van der Waals surface area (Å²) in [6.45, 7) is 3.59. The van der Waals surface area contributed by atoms with Gasteiger partial charge in [-0.25, -0.2) is 0 Å². The number of nitrogens with two attached hydrogens (primary N) is 2. The molecule has 2 amide bonds. The SMILES string of the molecule is Cc1cccc(C(=O)NCC(=O)NC2CN([C@H]3CC[C@@H](c4c(N)noc4N)CC3)C2)c1. The van der Waals surface area contributed by atoms with Gasteiger partial charge in [0, 0.05) is 24.7 Å². The lowest BCUT2D eigenvalue weighted by Crippen LogP contribution is -2.63. The van der Waals surface area contributed by atoms with Gasteiger partial charge < -0.3 is 26.6 Å².